The van der Waals surface area contributed by atoms with Gasteiger partial charge in [0, 0.05) is 23.9 Å². The van der Waals surface area contributed by atoms with Gasteiger partial charge in [0.15, 0.2) is 5.82 Å². The summed E-state index contributed by atoms with van der Waals surface area (Å²) in [6.45, 7) is 0.119. The molecule has 0 aliphatic carbocycles. The number of amides is 2. The van der Waals surface area contributed by atoms with E-state index in [2.05, 4.69) is 15.6 Å². The first-order valence-corrected chi connectivity index (χ1v) is 13.0. The standard InChI is InChI=1S/C32H25FN4O6/c1-42-30(39)22-7-5-6-20(16-22)27-26-8-3-4-15-37(26)29(36-27)28(38)21-11-14-25(24(17-21)31(40)43-2)35-32(41)34-18-19-9-12-23(33)13-10-19/h3-17H,18H2,1-2H3,(H2,34,35,41). The largest absolute Gasteiger partial charge is 0.465 e. The number of nitrogens with zero attached hydrogens (tertiary/aromatic N) is 2. The van der Waals surface area contributed by atoms with Crippen LogP contribution in [0.1, 0.15) is 42.5 Å². The van der Waals surface area contributed by atoms with Crippen LogP contribution in [-0.4, -0.2) is 47.4 Å². The molecule has 2 aromatic heterocycles. The van der Waals surface area contributed by atoms with Crippen molar-refractivity contribution in [2.45, 2.75) is 6.54 Å². The van der Waals surface area contributed by atoms with Crippen molar-refractivity contribution >= 4 is 35.0 Å². The molecular weight excluding hydrogens is 555 g/mol. The summed E-state index contributed by atoms with van der Waals surface area (Å²) in [6.07, 6.45) is 1.69. The van der Waals surface area contributed by atoms with Gasteiger partial charge in [-0.05, 0) is 60.2 Å². The van der Waals surface area contributed by atoms with Crippen LogP contribution >= 0.6 is 0 Å². The molecule has 10 nitrogen and oxygen atoms in total. The normalized spacial score (nSPS) is 10.7. The van der Waals surface area contributed by atoms with E-state index in [0.29, 0.717) is 27.9 Å². The van der Waals surface area contributed by atoms with Crippen molar-refractivity contribution in [2.24, 2.45) is 0 Å². The summed E-state index contributed by atoms with van der Waals surface area (Å²) in [5, 5.41) is 5.23. The molecule has 0 saturated carbocycles. The number of imidazole rings is 1. The lowest BCUT2D eigenvalue weighted by atomic mass is 10.0. The van der Waals surface area contributed by atoms with Gasteiger partial charge in [-0.15, -0.1) is 0 Å². The van der Waals surface area contributed by atoms with Crippen molar-refractivity contribution in [3.05, 3.63) is 125 Å². The van der Waals surface area contributed by atoms with Crippen LogP contribution in [0.25, 0.3) is 16.8 Å². The summed E-state index contributed by atoms with van der Waals surface area (Å²) in [6, 6.07) is 21.3. The van der Waals surface area contributed by atoms with Crippen molar-refractivity contribution in [1.82, 2.24) is 14.7 Å². The highest BCUT2D eigenvalue weighted by Crippen LogP contribution is 2.28. The molecular formula is C32H25FN4O6. The van der Waals surface area contributed by atoms with Crippen LogP contribution in [0, 0.1) is 5.82 Å². The number of halogens is 1. The maximum absolute atomic E-state index is 13.8. The van der Waals surface area contributed by atoms with Crippen LogP contribution in [-0.2, 0) is 16.0 Å². The van der Waals surface area contributed by atoms with Gasteiger partial charge in [-0.1, -0.05) is 30.3 Å². The highest BCUT2D eigenvalue weighted by molar-refractivity contribution is 6.11. The summed E-state index contributed by atoms with van der Waals surface area (Å²) in [4.78, 5) is 55.7. The Hall–Kier alpha value is -5.84. The Morgan fingerprint density at radius 1 is 0.837 bits per heavy atom. The summed E-state index contributed by atoms with van der Waals surface area (Å²) in [7, 11) is 2.48. The zero-order valence-corrected chi connectivity index (χ0v) is 23.1. The SMILES string of the molecule is COC(=O)c1cccc(-c2nc(C(=O)c3ccc(NC(=O)NCc4ccc(F)cc4)c(C(=O)OC)c3)n3ccccc23)c1. The van der Waals surface area contributed by atoms with Crippen molar-refractivity contribution in [1.29, 1.82) is 0 Å². The fraction of sp³-hybridized carbons (Fsp3) is 0.0938. The zero-order valence-electron chi connectivity index (χ0n) is 23.1. The number of esters is 2. The van der Waals surface area contributed by atoms with Gasteiger partial charge < -0.3 is 20.1 Å². The van der Waals surface area contributed by atoms with Gasteiger partial charge in [0.05, 0.1) is 42.2 Å². The van der Waals surface area contributed by atoms with Gasteiger partial charge in [-0.3, -0.25) is 9.20 Å². The first kappa shape index (κ1) is 28.7. The molecule has 0 aliphatic heterocycles. The van der Waals surface area contributed by atoms with E-state index in [0.717, 1.165) is 0 Å². The number of ether oxygens (including phenoxy) is 2. The summed E-state index contributed by atoms with van der Waals surface area (Å²) in [5.74, 6) is -2.08. The number of hydrogen-bond acceptors (Lipinski definition) is 7. The maximum Gasteiger partial charge on any atom is 0.339 e. The lowest BCUT2D eigenvalue weighted by Crippen LogP contribution is -2.29. The number of carbonyl (C=O) groups excluding carboxylic acids is 4. The Balaban J connectivity index is 1.45. The van der Waals surface area contributed by atoms with Gasteiger partial charge in [-0.2, -0.15) is 0 Å². The summed E-state index contributed by atoms with van der Waals surface area (Å²) >= 11 is 0. The number of pyridine rings is 1. The molecule has 43 heavy (non-hydrogen) atoms. The molecule has 11 heteroatoms. The molecule has 0 unspecified atom stereocenters. The Bertz CT molecular complexity index is 1870. The summed E-state index contributed by atoms with van der Waals surface area (Å²) in [5.41, 5.74) is 2.91. The Morgan fingerprint density at radius 3 is 2.35 bits per heavy atom. The smallest absolute Gasteiger partial charge is 0.339 e. The molecule has 0 aliphatic rings. The minimum absolute atomic E-state index is 0.0443. The fourth-order valence-corrected chi connectivity index (χ4v) is 4.48. The van der Waals surface area contributed by atoms with Gasteiger partial charge in [0.1, 0.15) is 5.82 Å². The molecule has 2 heterocycles. The van der Waals surface area contributed by atoms with E-state index in [-0.39, 0.29) is 29.2 Å². The van der Waals surface area contributed by atoms with E-state index in [4.69, 9.17) is 9.47 Å². The number of fused-ring (bicyclic) bond motifs is 1. The quantitative estimate of drug-likeness (QED) is 0.189. The summed E-state index contributed by atoms with van der Waals surface area (Å²) < 4.78 is 24.5. The second-order valence-electron chi connectivity index (χ2n) is 9.33. The number of aromatic nitrogens is 2. The van der Waals surface area contributed by atoms with Crippen LogP contribution in [0.15, 0.2) is 91.1 Å². The van der Waals surface area contributed by atoms with Crippen LogP contribution < -0.4 is 10.6 Å². The predicted octanol–water partition coefficient (Wildman–Crippen LogP) is 5.27. The Kier molecular flexibility index (Phi) is 8.24. The molecule has 5 aromatic rings. The lowest BCUT2D eigenvalue weighted by molar-refractivity contribution is 0.0592. The lowest BCUT2D eigenvalue weighted by Gasteiger charge is -2.12. The first-order valence-electron chi connectivity index (χ1n) is 13.0. The minimum Gasteiger partial charge on any atom is -0.465 e. The van der Waals surface area contributed by atoms with E-state index < -0.39 is 29.6 Å². The minimum atomic E-state index is -0.767. The number of nitrogens with one attached hydrogen (secondary N) is 2. The highest BCUT2D eigenvalue weighted by Gasteiger charge is 2.23. The van der Waals surface area contributed by atoms with Gasteiger partial charge >= 0.3 is 18.0 Å². The van der Waals surface area contributed by atoms with E-state index in [1.54, 1.807) is 53.1 Å². The van der Waals surface area contributed by atoms with Crippen molar-refractivity contribution in [3.8, 4) is 11.3 Å². The number of rotatable bonds is 8. The molecule has 0 radical (unpaired) electrons. The number of ketones is 1. The van der Waals surface area contributed by atoms with Gasteiger partial charge in [0.2, 0.25) is 5.78 Å². The number of anilines is 1. The maximum atomic E-state index is 13.8. The average molecular weight is 581 g/mol. The number of carbonyl (C=O) groups is 4. The van der Waals surface area contributed by atoms with E-state index in [1.165, 1.54) is 56.7 Å². The Morgan fingerprint density at radius 2 is 1.60 bits per heavy atom. The first-order chi connectivity index (χ1) is 20.8. The van der Waals surface area contributed by atoms with Crippen LogP contribution in [0.5, 0.6) is 0 Å². The van der Waals surface area contributed by atoms with Gasteiger partial charge in [-0.25, -0.2) is 23.8 Å². The van der Waals surface area contributed by atoms with Crippen LogP contribution in [0.4, 0.5) is 14.9 Å². The number of methoxy groups -OCH3 is 2. The van der Waals surface area contributed by atoms with Crippen molar-refractivity contribution in [3.63, 3.8) is 0 Å². The molecule has 2 N–H and O–H groups in total. The third-order valence-electron chi connectivity index (χ3n) is 6.61. The molecule has 216 valence electrons. The number of hydrogen-bond donors (Lipinski definition) is 2. The molecule has 0 spiro atoms. The molecule has 5 rings (SSSR count). The van der Waals surface area contributed by atoms with E-state index in [1.807, 2.05) is 0 Å². The van der Waals surface area contributed by atoms with Crippen LogP contribution in [0.2, 0.25) is 0 Å². The number of urea groups is 1. The van der Waals surface area contributed by atoms with Gasteiger partial charge in [0.25, 0.3) is 0 Å². The average Bonchev–Trinajstić information content (AvgIpc) is 3.43. The molecule has 0 atom stereocenters. The molecule has 0 fully saturated rings. The van der Waals surface area contributed by atoms with E-state index >= 15 is 0 Å². The predicted molar refractivity (Wildman–Crippen MR) is 155 cm³/mol. The van der Waals surface area contributed by atoms with Crippen molar-refractivity contribution in [2.75, 3.05) is 19.5 Å². The van der Waals surface area contributed by atoms with Crippen molar-refractivity contribution < 1.29 is 33.0 Å². The topological polar surface area (TPSA) is 128 Å². The monoisotopic (exact) mass is 580 g/mol. The second kappa shape index (κ2) is 12.4. The molecule has 3 aromatic carbocycles. The highest BCUT2D eigenvalue weighted by atomic mass is 19.1. The van der Waals surface area contributed by atoms with E-state index in [9.17, 15) is 23.6 Å². The third-order valence-corrected chi connectivity index (χ3v) is 6.61. The molecule has 0 saturated heterocycles. The fourth-order valence-electron chi connectivity index (χ4n) is 4.48. The Labute approximate surface area is 245 Å². The molecule has 2 amide bonds. The molecule has 0 bridgehead atoms. The number of benzene rings is 3. The zero-order chi connectivity index (χ0) is 30.5. The third kappa shape index (κ3) is 6.10. The van der Waals surface area contributed by atoms with Crippen LogP contribution in [0.3, 0.4) is 0 Å². The second-order valence-corrected chi connectivity index (χ2v) is 9.33.